The third kappa shape index (κ3) is 2.20. The van der Waals surface area contributed by atoms with Crippen LogP contribution in [0.25, 0.3) is 6.08 Å². The number of thiazole rings is 1. The van der Waals surface area contributed by atoms with Crippen LogP contribution in [0.15, 0.2) is 52.6 Å². The van der Waals surface area contributed by atoms with Crippen LogP contribution in [0.1, 0.15) is 12.5 Å². The van der Waals surface area contributed by atoms with Crippen molar-refractivity contribution >= 4 is 34.3 Å². The van der Waals surface area contributed by atoms with E-state index in [9.17, 15) is 4.79 Å². The van der Waals surface area contributed by atoms with Gasteiger partial charge in [-0.05, 0) is 18.6 Å². The fraction of sp³-hybridized carbons (Fsp3) is 0.0714. The second-order valence-corrected chi connectivity index (χ2v) is 4.93. The van der Waals surface area contributed by atoms with E-state index in [1.807, 2.05) is 42.6 Å². The summed E-state index contributed by atoms with van der Waals surface area (Å²) in [5.41, 5.74) is 1.40. The van der Waals surface area contributed by atoms with Crippen molar-refractivity contribution in [3.63, 3.8) is 0 Å². The van der Waals surface area contributed by atoms with Crippen LogP contribution >= 0.6 is 11.3 Å². The summed E-state index contributed by atoms with van der Waals surface area (Å²) in [6, 6.07) is 9.69. The largest absolute Gasteiger partial charge is 0.284 e. The van der Waals surface area contributed by atoms with Crippen molar-refractivity contribution in [3.8, 4) is 0 Å². The molecule has 2 aromatic rings. The van der Waals surface area contributed by atoms with Crippen LogP contribution in [0.5, 0.6) is 0 Å². The Bertz CT molecular complexity index is 659. The Morgan fingerprint density at radius 2 is 2.05 bits per heavy atom. The number of anilines is 1. The van der Waals surface area contributed by atoms with Crippen molar-refractivity contribution < 1.29 is 4.79 Å². The number of aromatic nitrogens is 1. The van der Waals surface area contributed by atoms with E-state index in [0.29, 0.717) is 16.7 Å². The molecule has 5 heteroatoms. The zero-order chi connectivity index (χ0) is 13.2. The van der Waals surface area contributed by atoms with Gasteiger partial charge in [0, 0.05) is 11.6 Å². The summed E-state index contributed by atoms with van der Waals surface area (Å²) in [6.07, 6.45) is 3.47. The number of hydrogen-bond acceptors (Lipinski definition) is 4. The minimum atomic E-state index is -0.128. The summed E-state index contributed by atoms with van der Waals surface area (Å²) in [6.45, 7) is 1.81. The Morgan fingerprint density at radius 1 is 1.26 bits per heavy atom. The van der Waals surface area contributed by atoms with Crippen molar-refractivity contribution in [3.05, 3.63) is 53.2 Å². The van der Waals surface area contributed by atoms with Crippen LogP contribution in [0.3, 0.4) is 0 Å². The van der Waals surface area contributed by atoms with E-state index in [2.05, 4.69) is 9.98 Å². The first-order chi connectivity index (χ1) is 9.25. The Balaban J connectivity index is 1.95. The zero-order valence-electron chi connectivity index (χ0n) is 10.3. The van der Waals surface area contributed by atoms with E-state index in [1.165, 1.54) is 11.3 Å². The summed E-state index contributed by atoms with van der Waals surface area (Å²) in [5.74, 6) is 0.526. The van der Waals surface area contributed by atoms with Gasteiger partial charge in [-0.2, -0.15) is 0 Å². The Morgan fingerprint density at radius 3 is 2.74 bits per heavy atom. The SMILES string of the molecule is CC1=N/C(=C\c2ccccc2)C(=O)N1c1nccs1. The molecule has 1 aromatic heterocycles. The van der Waals surface area contributed by atoms with Gasteiger partial charge in [-0.25, -0.2) is 14.9 Å². The van der Waals surface area contributed by atoms with Crippen LogP contribution in [0, 0.1) is 0 Å². The molecule has 0 atom stereocenters. The lowest BCUT2D eigenvalue weighted by Crippen LogP contribution is -2.29. The number of nitrogens with zero attached hydrogens (tertiary/aromatic N) is 3. The first-order valence-corrected chi connectivity index (χ1v) is 6.69. The van der Waals surface area contributed by atoms with Crippen molar-refractivity contribution in [2.24, 2.45) is 4.99 Å². The van der Waals surface area contributed by atoms with E-state index in [0.717, 1.165) is 5.56 Å². The van der Waals surface area contributed by atoms with Gasteiger partial charge in [0.1, 0.15) is 11.5 Å². The monoisotopic (exact) mass is 269 g/mol. The highest BCUT2D eigenvalue weighted by atomic mass is 32.1. The average molecular weight is 269 g/mol. The summed E-state index contributed by atoms with van der Waals surface area (Å²) in [5, 5.41) is 2.50. The smallest absolute Gasteiger partial charge is 0.266 e. The maximum Gasteiger partial charge on any atom is 0.284 e. The molecule has 4 nitrogen and oxygen atoms in total. The molecule has 1 aliphatic rings. The lowest BCUT2D eigenvalue weighted by molar-refractivity contribution is -0.113. The second kappa shape index (κ2) is 4.78. The summed E-state index contributed by atoms with van der Waals surface area (Å²) >= 11 is 1.42. The van der Waals surface area contributed by atoms with Crippen molar-refractivity contribution in [2.75, 3.05) is 4.90 Å². The first-order valence-electron chi connectivity index (χ1n) is 5.82. The number of hydrogen-bond donors (Lipinski definition) is 0. The molecule has 19 heavy (non-hydrogen) atoms. The Labute approximate surface area is 114 Å². The molecule has 0 aliphatic carbocycles. The Kier molecular flexibility index (Phi) is 2.97. The Hall–Kier alpha value is -2.27. The van der Waals surface area contributed by atoms with E-state index < -0.39 is 0 Å². The van der Waals surface area contributed by atoms with Gasteiger partial charge in [-0.3, -0.25) is 4.79 Å². The van der Waals surface area contributed by atoms with Gasteiger partial charge in [0.05, 0.1) is 0 Å². The highest BCUT2D eigenvalue weighted by molar-refractivity contribution is 7.14. The normalized spacial score (nSPS) is 17.1. The van der Waals surface area contributed by atoms with Crippen LogP contribution in [-0.2, 0) is 4.79 Å². The molecule has 0 spiro atoms. The lowest BCUT2D eigenvalue weighted by atomic mass is 10.2. The molecule has 0 radical (unpaired) electrons. The van der Waals surface area contributed by atoms with Gasteiger partial charge in [0.2, 0.25) is 0 Å². The molecule has 0 N–H and O–H groups in total. The highest BCUT2D eigenvalue weighted by Crippen LogP contribution is 2.26. The maximum absolute atomic E-state index is 12.3. The number of amidine groups is 1. The van der Waals surface area contributed by atoms with Crippen LogP contribution in [0.2, 0.25) is 0 Å². The molecule has 2 heterocycles. The number of carbonyl (C=O) groups excluding carboxylic acids is 1. The quantitative estimate of drug-likeness (QED) is 0.787. The van der Waals surface area contributed by atoms with Gasteiger partial charge >= 0.3 is 0 Å². The summed E-state index contributed by atoms with van der Waals surface area (Å²) in [7, 11) is 0. The molecular formula is C14H11N3OS. The maximum atomic E-state index is 12.3. The van der Waals surface area contributed by atoms with Gasteiger partial charge in [0.15, 0.2) is 5.13 Å². The molecule has 94 valence electrons. The predicted octanol–water partition coefficient (Wildman–Crippen LogP) is 2.95. The van der Waals surface area contributed by atoms with E-state index in [4.69, 9.17) is 0 Å². The van der Waals surface area contributed by atoms with E-state index in [-0.39, 0.29) is 5.91 Å². The highest BCUT2D eigenvalue weighted by Gasteiger charge is 2.30. The molecule has 0 saturated carbocycles. The minimum absolute atomic E-state index is 0.128. The van der Waals surface area contributed by atoms with Crippen molar-refractivity contribution in [1.82, 2.24) is 4.98 Å². The second-order valence-electron chi connectivity index (χ2n) is 4.05. The van der Waals surface area contributed by atoms with E-state index >= 15 is 0 Å². The molecule has 0 bridgehead atoms. The van der Waals surface area contributed by atoms with Crippen LogP contribution < -0.4 is 4.90 Å². The minimum Gasteiger partial charge on any atom is -0.266 e. The third-order valence-corrected chi connectivity index (χ3v) is 3.50. The lowest BCUT2D eigenvalue weighted by Gasteiger charge is -2.10. The predicted molar refractivity (Wildman–Crippen MR) is 77.1 cm³/mol. The molecule has 3 rings (SSSR count). The molecule has 1 aliphatic heterocycles. The zero-order valence-corrected chi connectivity index (χ0v) is 11.1. The molecule has 0 saturated heterocycles. The first kappa shape index (κ1) is 11.8. The fourth-order valence-electron chi connectivity index (χ4n) is 1.89. The third-order valence-electron chi connectivity index (χ3n) is 2.74. The van der Waals surface area contributed by atoms with Crippen LogP contribution in [0.4, 0.5) is 5.13 Å². The van der Waals surface area contributed by atoms with Gasteiger partial charge < -0.3 is 0 Å². The number of amides is 1. The molecule has 0 unspecified atom stereocenters. The van der Waals surface area contributed by atoms with Gasteiger partial charge in [0.25, 0.3) is 5.91 Å². The average Bonchev–Trinajstić information content (AvgIpc) is 3.01. The molecule has 0 fully saturated rings. The standard InChI is InChI=1S/C14H11N3OS/c1-10-16-12(9-11-5-3-2-4-6-11)13(18)17(10)14-15-7-8-19-14/h2-9H,1H3/b12-9-. The van der Waals surface area contributed by atoms with Gasteiger partial charge in [-0.1, -0.05) is 30.3 Å². The van der Waals surface area contributed by atoms with Crippen molar-refractivity contribution in [2.45, 2.75) is 6.92 Å². The number of carbonyl (C=O) groups is 1. The number of aliphatic imine (C=N–C) groups is 1. The summed E-state index contributed by atoms with van der Waals surface area (Å²) < 4.78 is 0. The van der Waals surface area contributed by atoms with E-state index in [1.54, 1.807) is 17.2 Å². The van der Waals surface area contributed by atoms with Gasteiger partial charge in [-0.15, -0.1) is 11.3 Å². The van der Waals surface area contributed by atoms with Crippen molar-refractivity contribution in [1.29, 1.82) is 0 Å². The number of rotatable bonds is 2. The molecular weight excluding hydrogens is 258 g/mol. The molecule has 1 aromatic carbocycles. The topological polar surface area (TPSA) is 45.6 Å². The summed E-state index contributed by atoms with van der Waals surface area (Å²) in [4.78, 5) is 22.3. The van der Waals surface area contributed by atoms with Crippen LogP contribution in [-0.4, -0.2) is 16.7 Å². The number of benzene rings is 1. The molecule has 1 amide bonds. The fourth-order valence-corrected chi connectivity index (χ4v) is 2.57.